The number of hydrogen-bond acceptors (Lipinski definition) is 4. The van der Waals surface area contributed by atoms with Gasteiger partial charge in [0.05, 0.1) is 6.10 Å². The Morgan fingerprint density at radius 1 is 1.11 bits per heavy atom. The monoisotopic (exact) mass is 279 g/mol. The first-order chi connectivity index (χ1) is 8.63. The quantitative estimate of drug-likeness (QED) is 0.926. The molecule has 1 N–H and O–H groups in total. The highest BCUT2D eigenvalue weighted by molar-refractivity contribution is 5.85. The summed E-state index contributed by atoms with van der Waals surface area (Å²) < 4.78 is 5.59. The van der Waals surface area contributed by atoms with Gasteiger partial charge in [0.15, 0.2) is 0 Å². The molecule has 5 heteroatoms. The summed E-state index contributed by atoms with van der Waals surface area (Å²) in [5, 5.41) is 3.22. The number of ether oxygens (including phenoxy) is 1. The molecule has 0 bridgehead atoms. The fourth-order valence-electron chi connectivity index (χ4n) is 1.56. The van der Waals surface area contributed by atoms with Crippen molar-refractivity contribution in [3.63, 3.8) is 0 Å². The number of hydrogen-bond donors (Lipinski definition) is 1. The molecule has 1 aromatic heterocycles. The number of anilines is 2. The Bertz CT molecular complexity index is 514. The maximum Gasteiger partial charge on any atom is 0.133 e. The van der Waals surface area contributed by atoms with Crippen molar-refractivity contribution >= 4 is 23.9 Å². The van der Waals surface area contributed by atoms with Crippen molar-refractivity contribution in [3.8, 4) is 5.75 Å². The van der Waals surface area contributed by atoms with Crippen molar-refractivity contribution in [2.75, 3.05) is 5.32 Å². The first-order valence-corrected chi connectivity index (χ1v) is 5.96. The van der Waals surface area contributed by atoms with Crippen LogP contribution in [0, 0.1) is 6.92 Å². The Hall–Kier alpha value is -1.81. The predicted molar refractivity (Wildman–Crippen MR) is 79.5 cm³/mol. The van der Waals surface area contributed by atoms with Crippen LogP contribution < -0.4 is 10.1 Å². The average molecular weight is 280 g/mol. The van der Waals surface area contributed by atoms with Gasteiger partial charge in [0.2, 0.25) is 0 Å². The van der Waals surface area contributed by atoms with Crippen LogP contribution in [0.25, 0.3) is 0 Å². The Morgan fingerprint density at radius 2 is 1.79 bits per heavy atom. The lowest BCUT2D eigenvalue weighted by Gasteiger charge is -2.10. The number of halogens is 1. The van der Waals surface area contributed by atoms with Gasteiger partial charge in [-0.05, 0) is 45.0 Å². The minimum Gasteiger partial charge on any atom is -0.491 e. The van der Waals surface area contributed by atoms with Crippen molar-refractivity contribution in [2.24, 2.45) is 0 Å². The predicted octanol–water partition coefficient (Wildman–Crippen LogP) is 3.74. The molecular weight excluding hydrogens is 262 g/mol. The zero-order chi connectivity index (χ0) is 13.0. The molecule has 0 amide bonds. The molecule has 0 fully saturated rings. The van der Waals surface area contributed by atoms with E-state index >= 15 is 0 Å². The second-order valence-electron chi connectivity index (χ2n) is 4.36. The second kappa shape index (κ2) is 6.95. The van der Waals surface area contributed by atoms with Crippen LogP contribution in [0.1, 0.15) is 19.5 Å². The van der Waals surface area contributed by atoms with Crippen LogP contribution >= 0.6 is 12.4 Å². The van der Waals surface area contributed by atoms with E-state index in [1.807, 2.05) is 51.1 Å². The van der Waals surface area contributed by atoms with Gasteiger partial charge in [-0.3, -0.25) is 0 Å². The molecule has 2 rings (SSSR count). The zero-order valence-corrected chi connectivity index (χ0v) is 12.1. The van der Waals surface area contributed by atoms with Crippen LogP contribution in [0.5, 0.6) is 5.75 Å². The Balaban J connectivity index is 0.00000180. The third-order valence-electron chi connectivity index (χ3n) is 2.30. The standard InChI is InChI=1S/C14H17N3O.ClH/c1-10(2)18-13-6-4-12(5-7-13)17-14-8-11(3)15-9-16-14;/h4-10H,1-3H3,(H,15,16,17);1H. The van der Waals surface area contributed by atoms with Crippen LogP contribution in [-0.2, 0) is 0 Å². The zero-order valence-electron chi connectivity index (χ0n) is 11.3. The molecule has 0 spiro atoms. The van der Waals surface area contributed by atoms with Crippen LogP contribution in [0.15, 0.2) is 36.7 Å². The Labute approximate surface area is 119 Å². The Kier molecular flexibility index (Phi) is 5.57. The first-order valence-electron chi connectivity index (χ1n) is 5.96. The average Bonchev–Trinajstić information content (AvgIpc) is 2.31. The summed E-state index contributed by atoms with van der Waals surface area (Å²) in [6.07, 6.45) is 1.74. The normalized spacial score (nSPS) is 9.89. The number of nitrogens with zero attached hydrogens (tertiary/aromatic N) is 2. The van der Waals surface area contributed by atoms with Gasteiger partial charge in [-0.25, -0.2) is 9.97 Å². The van der Waals surface area contributed by atoms with Gasteiger partial charge >= 0.3 is 0 Å². The van der Waals surface area contributed by atoms with Crippen molar-refractivity contribution < 1.29 is 4.74 Å². The van der Waals surface area contributed by atoms with Crippen LogP contribution in [0.4, 0.5) is 11.5 Å². The summed E-state index contributed by atoms with van der Waals surface area (Å²) in [7, 11) is 0. The van der Waals surface area contributed by atoms with Gasteiger partial charge in [-0.2, -0.15) is 0 Å². The van der Waals surface area contributed by atoms with Crippen molar-refractivity contribution in [1.29, 1.82) is 0 Å². The number of rotatable bonds is 4. The summed E-state index contributed by atoms with van der Waals surface area (Å²) in [4.78, 5) is 8.21. The smallest absolute Gasteiger partial charge is 0.133 e. The molecule has 4 nitrogen and oxygen atoms in total. The lowest BCUT2D eigenvalue weighted by atomic mass is 10.3. The summed E-state index contributed by atoms with van der Waals surface area (Å²) in [6.45, 7) is 5.96. The van der Waals surface area contributed by atoms with Crippen LogP contribution in [0.3, 0.4) is 0 Å². The van der Waals surface area contributed by atoms with Crippen LogP contribution in [0.2, 0.25) is 0 Å². The number of benzene rings is 1. The van der Waals surface area contributed by atoms with Crippen LogP contribution in [-0.4, -0.2) is 16.1 Å². The lowest BCUT2D eigenvalue weighted by molar-refractivity contribution is 0.242. The summed E-state index contributed by atoms with van der Waals surface area (Å²) >= 11 is 0. The highest BCUT2D eigenvalue weighted by Gasteiger charge is 1.99. The molecule has 1 heterocycles. The molecule has 0 saturated heterocycles. The van der Waals surface area contributed by atoms with E-state index in [2.05, 4.69) is 15.3 Å². The minimum atomic E-state index is 0. The van der Waals surface area contributed by atoms with E-state index in [1.165, 1.54) is 0 Å². The van der Waals surface area contributed by atoms with Gasteiger partial charge in [0.25, 0.3) is 0 Å². The van der Waals surface area contributed by atoms with E-state index in [0.29, 0.717) is 0 Å². The topological polar surface area (TPSA) is 47.0 Å². The maximum atomic E-state index is 5.59. The molecule has 19 heavy (non-hydrogen) atoms. The highest BCUT2D eigenvalue weighted by atomic mass is 35.5. The molecule has 0 aliphatic heterocycles. The molecule has 1 aromatic carbocycles. The molecule has 2 aromatic rings. The van der Waals surface area contributed by atoms with Gasteiger partial charge in [0, 0.05) is 17.4 Å². The highest BCUT2D eigenvalue weighted by Crippen LogP contribution is 2.19. The number of aryl methyl sites for hydroxylation is 1. The van der Waals surface area contributed by atoms with Gasteiger partial charge in [-0.1, -0.05) is 0 Å². The fraction of sp³-hybridized carbons (Fsp3) is 0.286. The molecule has 0 unspecified atom stereocenters. The van der Waals surface area contributed by atoms with E-state index in [0.717, 1.165) is 22.9 Å². The third-order valence-corrected chi connectivity index (χ3v) is 2.30. The van der Waals surface area contributed by atoms with E-state index in [9.17, 15) is 0 Å². The van der Waals surface area contributed by atoms with E-state index in [-0.39, 0.29) is 18.5 Å². The van der Waals surface area contributed by atoms with Crippen molar-refractivity contribution in [2.45, 2.75) is 26.9 Å². The van der Waals surface area contributed by atoms with Gasteiger partial charge in [0.1, 0.15) is 17.9 Å². The summed E-state index contributed by atoms with van der Waals surface area (Å²) in [6, 6.07) is 9.72. The summed E-state index contributed by atoms with van der Waals surface area (Å²) in [5.74, 6) is 1.66. The molecule has 0 atom stereocenters. The lowest BCUT2D eigenvalue weighted by Crippen LogP contribution is -2.05. The molecular formula is C14H18ClN3O. The van der Waals surface area contributed by atoms with Crippen molar-refractivity contribution in [1.82, 2.24) is 9.97 Å². The van der Waals surface area contributed by atoms with E-state index in [1.54, 1.807) is 6.33 Å². The largest absolute Gasteiger partial charge is 0.491 e. The number of nitrogens with one attached hydrogen (secondary N) is 1. The van der Waals surface area contributed by atoms with Crippen molar-refractivity contribution in [3.05, 3.63) is 42.4 Å². The van der Waals surface area contributed by atoms with Gasteiger partial charge < -0.3 is 10.1 Å². The first kappa shape index (κ1) is 15.2. The number of aromatic nitrogens is 2. The molecule has 0 aliphatic carbocycles. The maximum absolute atomic E-state index is 5.59. The molecule has 0 aliphatic rings. The molecule has 102 valence electrons. The van der Waals surface area contributed by atoms with Gasteiger partial charge in [-0.15, -0.1) is 12.4 Å². The minimum absolute atomic E-state index is 0. The Morgan fingerprint density at radius 3 is 2.37 bits per heavy atom. The van der Waals surface area contributed by atoms with E-state index < -0.39 is 0 Å². The third kappa shape index (κ3) is 4.75. The second-order valence-corrected chi connectivity index (χ2v) is 4.36. The van der Waals surface area contributed by atoms with E-state index in [4.69, 9.17) is 4.74 Å². The molecule has 0 radical (unpaired) electrons. The summed E-state index contributed by atoms with van der Waals surface area (Å²) in [5.41, 5.74) is 1.91. The molecule has 0 saturated carbocycles. The SMILES string of the molecule is Cc1cc(Nc2ccc(OC(C)C)cc2)ncn1.Cl. The fourth-order valence-corrected chi connectivity index (χ4v) is 1.56.